The monoisotopic (exact) mass is 290 g/mol. The van der Waals surface area contributed by atoms with Crippen LogP contribution in [0.4, 0.5) is 0 Å². The van der Waals surface area contributed by atoms with Gasteiger partial charge in [0.25, 0.3) is 0 Å². The fourth-order valence-corrected chi connectivity index (χ4v) is 3.05. The highest BCUT2D eigenvalue weighted by Gasteiger charge is 2.26. The molecule has 1 aliphatic rings. The smallest absolute Gasteiger partial charge is 0.0446 e. The predicted molar refractivity (Wildman–Crippen MR) is 88.2 cm³/mol. The summed E-state index contributed by atoms with van der Waals surface area (Å²) in [4.78, 5) is 5.11. The lowest BCUT2D eigenvalue weighted by Gasteiger charge is -2.41. The molecule has 0 aliphatic carbocycles. The number of benzene rings is 1. The lowest BCUT2D eigenvalue weighted by molar-refractivity contribution is 0.0516. The summed E-state index contributed by atoms with van der Waals surface area (Å²) in [6.45, 7) is 10.4. The highest BCUT2D eigenvalue weighted by Crippen LogP contribution is 2.17. The van der Waals surface area contributed by atoms with E-state index >= 15 is 0 Å². The Morgan fingerprint density at radius 3 is 2.62 bits per heavy atom. The molecule has 1 heterocycles. The van der Waals surface area contributed by atoms with Crippen LogP contribution in [0.3, 0.4) is 0 Å². The van der Waals surface area contributed by atoms with Crippen LogP contribution < -0.4 is 0 Å². The fraction of sp³-hybridized carbons (Fsp3) is 0.667. The van der Waals surface area contributed by atoms with E-state index in [2.05, 4.69) is 54.0 Å². The summed E-state index contributed by atoms with van der Waals surface area (Å²) in [7, 11) is 0. The van der Waals surface area contributed by atoms with Crippen molar-refractivity contribution in [1.82, 2.24) is 9.80 Å². The van der Waals surface area contributed by atoms with Gasteiger partial charge in [-0.05, 0) is 30.9 Å². The first kappa shape index (κ1) is 16.5. The van der Waals surface area contributed by atoms with Crippen LogP contribution in [0.25, 0.3) is 0 Å². The van der Waals surface area contributed by atoms with Crippen LogP contribution in [0.1, 0.15) is 32.3 Å². The number of aliphatic hydroxyl groups is 1. The van der Waals surface area contributed by atoms with Gasteiger partial charge in [0.2, 0.25) is 0 Å². The Morgan fingerprint density at radius 1 is 1.19 bits per heavy atom. The summed E-state index contributed by atoms with van der Waals surface area (Å²) in [5.41, 5.74) is 1.37. The summed E-state index contributed by atoms with van der Waals surface area (Å²) in [5.74, 6) is 0.767. The van der Waals surface area contributed by atoms with Crippen LogP contribution in [0.5, 0.6) is 0 Å². The van der Waals surface area contributed by atoms with Crippen LogP contribution in [-0.4, -0.2) is 53.7 Å². The Morgan fingerprint density at radius 2 is 1.95 bits per heavy atom. The Hall–Kier alpha value is -0.900. The molecule has 0 spiro atoms. The van der Waals surface area contributed by atoms with Gasteiger partial charge in [-0.1, -0.05) is 44.2 Å². The van der Waals surface area contributed by atoms with Gasteiger partial charge in [-0.2, -0.15) is 0 Å². The summed E-state index contributed by atoms with van der Waals surface area (Å²) < 4.78 is 0. The van der Waals surface area contributed by atoms with Gasteiger partial charge < -0.3 is 10.0 Å². The van der Waals surface area contributed by atoms with Crippen molar-refractivity contribution in [2.75, 3.05) is 32.8 Å². The lowest BCUT2D eigenvalue weighted by atomic mass is 10.1. The Labute approximate surface area is 129 Å². The van der Waals surface area contributed by atoms with E-state index in [0.717, 1.165) is 38.5 Å². The highest BCUT2D eigenvalue weighted by atomic mass is 16.3. The molecule has 0 aromatic heterocycles. The third kappa shape index (κ3) is 5.42. The van der Waals surface area contributed by atoms with Gasteiger partial charge in [0.05, 0.1) is 0 Å². The molecule has 1 saturated heterocycles. The molecule has 1 atom stereocenters. The molecule has 1 fully saturated rings. The van der Waals surface area contributed by atoms with E-state index in [1.54, 1.807) is 0 Å². The number of rotatable bonds is 7. The molecule has 0 amide bonds. The number of nitrogens with zero attached hydrogens (tertiary/aromatic N) is 2. The van der Waals surface area contributed by atoms with Crippen molar-refractivity contribution in [3.63, 3.8) is 0 Å². The summed E-state index contributed by atoms with van der Waals surface area (Å²) in [6, 6.07) is 11.2. The number of hydrogen-bond donors (Lipinski definition) is 1. The van der Waals surface area contributed by atoms with E-state index in [4.69, 9.17) is 0 Å². The maximum atomic E-state index is 9.36. The largest absolute Gasteiger partial charge is 0.396 e. The molecule has 0 unspecified atom stereocenters. The molecule has 1 N–H and O–H groups in total. The summed E-state index contributed by atoms with van der Waals surface area (Å²) in [6.07, 6.45) is 2.15. The molecular formula is C18H30N2O. The van der Waals surface area contributed by atoms with Gasteiger partial charge >= 0.3 is 0 Å². The second-order valence-corrected chi connectivity index (χ2v) is 6.61. The standard InChI is InChI=1S/C18H30N2O/c1-16(2)8-10-19-11-12-20(18(15-19)9-13-21)14-17-6-4-3-5-7-17/h3-7,16,18,21H,8-15H2,1-2H3/t18-/m0/s1. The molecule has 0 saturated carbocycles. The van der Waals surface area contributed by atoms with Crippen molar-refractivity contribution in [3.8, 4) is 0 Å². The minimum Gasteiger partial charge on any atom is -0.396 e. The first-order valence-electron chi connectivity index (χ1n) is 8.30. The van der Waals surface area contributed by atoms with Crippen molar-refractivity contribution >= 4 is 0 Å². The van der Waals surface area contributed by atoms with Gasteiger partial charge in [-0.3, -0.25) is 4.90 Å². The fourth-order valence-electron chi connectivity index (χ4n) is 3.05. The van der Waals surface area contributed by atoms with Crippen LogP contribution in [0, 0.1) is 5.92 Å². The molecule has 0 bridgehead atoms. The van der Waals surface area contributed by atoms with E-state index < -0.39 is 0 Å². The summed E-state index contributed by atoms with van der Waals surface area (Å²) in [5, 5.41) is 9.36. The molecule has 3 nitrogen and oxygen atoms in total. The number of aliphatic hydroxyl groups excluding tert-OH is 1. The van der Waals surface area contributed by atoms with E-state index in [1.807, 2.05) is 0 Å². The molecule has 21 heavy (non-hydrogen) atoms. The maximum Gasteiger partial charge on any atom is 0.0446 e. The highest BCUT2D eigenvalue weighted by molar-refractivity contribution is 5.14. The van der Waals surface area contributed by atoms with Crippen molar-refractivity contribution < 1.29 is 5.11 Å². The normalized spacial score (nSPS) is 21.0. The maximum absolute atomic E-state index is 9.36. The third-order valence-electron chi connectivity index (χ3n) is 4.40. The molecule has 118 valence electrons. The first-order chi connectivity index (χ1) is 10.2. The van der Waals surface area contributed by atoms with Crippen LogP contribution in [0.2, 0.25) is 0 Å². The quantitative estimate of drug-likeness (QED) is 0.836. The Bertz CT molecular complexity index is 393. The first-order valence-corrected chi connectivity index (χ1v) is 8.30. The second-order valence-electron chi connectivity index (χ2n) is 6.61. The van der Waals surface area contributed by atoms with Crippen LogP contribution in [-0.2, 0) is 6.54 Å². The summed E-state index contributed by atoms with van der Waals surface area (Å²) >= 11 is 0. The minimum absolute atomic E-state index is 0.286. The number of piperazine rings is 1. The second kappa shape index (κ2) is 8.52. The molecular weight excluding hydrogens is 260 g/mol. The van der Waals surface area contributed by atoms with Gasteiger partial charge in [0.15, 0.2) is 0 Å². The average Bonchev–Trinajstić information content (AvgIpc) is 2.49. The topological polar surface area (TPSA) is 26.7 Å². The van der Waals surface area contributed by atoms with E-state index in [9.17, 15) is 5.11 Å². The zero-order valence-corrected chi connectivity index (χ0v) is 13.5. The van der Waals surface area contributed by atoms with Crippen molar-refractivity contribution in [2.24, 2.45) is 5.92 Å². The van der Waals surface area contributed by atoms with E-state index in [-0.39, 0.29) is 6.61 Å². The molecule has 3 heteroatoms. The Kier molecular flexibility index (Phi) is 6.68. The van der Waals surface area contributed by atoms with Gasteiger partial charge in [-0.25, -0.2) is 0 Å². The molecule has 1 aliphatic heterocycles. The molecule has 1 aromatic carbocycles. The average molecular weight is 290 g/mol. The van der Waals surface area contributed by atoms with Crippen molar-refractivity contribution in [1.29, 1.82) is 0 Å². The van der Waals surface area contributed by atoms with Crippen LogP contribution >= 0.6 is 0 Å². The molecule has 1 aromatic rings. The van der Waals surface area contributed by atoms with Crippen LogP contribution in [0.15, 0.2) is 30.3 Å². The molecule has 0 radical (unpaired) electrons. The van der Waals surface area contributed by atoms with E-state index in [1.165, 1.54) is 18.5 Å². The van der Waals surface area contributed by atoms with Crippen molar-refractivity contribution in [3.05, 3.63) is 35.9 Å². The SMILES string of the molecule is CC(C)CCN1CCN(Cc2ccccc2)[C@@H](CCO)C1. The third-order valence-corrected chi connectivity index (χ3v) is 4.40. The lowest BCUT2D eigenvalue weighted by Crippen LogP contribution is -2.53. The Balaban J connectivity index is 1.90. The van der Waals surface area contributed by atoms with Gasteiger partial charge in [0, 0.05) is 38.8 Å². The minimum atomic E-state index is 0.286. The molecule has 2 rings (SSSR count). The zero-order chi connectivity index (χ0) is 15.1. The predicted octanol–water partition coefficient (Wildman–Crippen LogP) is 2.60. The van der Waals surface area contributed by atoms with Gasteiger partial charge in [-0.15, -0.1) is 0 Å². The number of hydrogen-bond acceptors (Lipinski definition) is 3. The van der Waals surface area contributed by atoms with Crippen molar-refractivity contribution in [2.45, 2.75) is 39.3 Å². The van der Waals surface area contributed by atoms with Gasteiger partial charge in [0.1, 0.15) is 0 Å². The van der Waals surface area contributed by atoms with E-state index in [0.29, 0.717) is 6.04 Å². The zero-order valence-electron chi connectivity index (χ0n) is 13.5.